The van der Waals surface area contributed by atoms with Crippen LogP contribution in [0.25, 0.3) is 0 Å². The number of aromatic nitrogens is 2. The summed E-state index contributed by atoms with van der Waals surface area (Å²) in [5.74, 6) is 0. The minimum absolute atomic E-state index is 0.0598. The average molecular weight is 348 g/mol. The summed E-state index contributed by atoms with van der Waals surface area (Å²) >= 11 is 3.06. The van der Waals surface area contributed by atoms with Gasteiger partial charge in [0.25, 0.3) is 0 Å². The molecule has 1 aromatic heterocycles. The van der Waals surface area contributed by atoms with E-state index in [2.05, 4.69) is 26.2 Å². The van der Waals surface area contributed by atoms with E-state index in [1.165, 1.54) is 6.07 Å². The lowest BCUT2D eigenvalue weighted by Crippen LogP contribution is -2.12. The van der Waals surface area contributed by atoms with Crippen LogP contribution >= 0.6 is 15.9 Å². The van der Waals surface area contributed by atoms with Crippen LogP contribution in [0.3, 0.4) is 0 Å². The van der Waals surface area contributed by atoms with Crippen molar-refractivity contribution in [2.45, 2.75) is 26.2 Å². The lowest BCUT2D eigenvalue weighted by Gasteiger charge is -2.15. The molecule has 2 aromatic rings. The minimum atomic E-state index is -4.39. The van der Waals surface area contributed by atoms with E-state index in [4.69, 9.17) is 0 Å². The van der Waals surface area contributed by atoms with Crippen LogP contribution in [0.5, 0.6) is 0 Å². The van der Waals surface area contributed by atoms with Gasteiger partial charge in [0, 0.05) is 22.9 Å². The summed E-state index contributed by atoms with van der Waals surface area (Å²) in [5, 5.41) is 2.82. The first-order valence-electron chi connectivity index (χ1n) is 6.01. The van der Waals surface area contributed by atoms with Crippen LogP contribution in [0.4, 0.5) is 18.9 Å². The Morgan fingerprint density at radius 3 is 2.75 bits per heavy atom. The third-order valence-electron chi connectivity index (χ3n) is 2.89. The van der Waals surface area contributed by atoms with Crippen molar-refractivity contribution < 1.29 is 13.2 Å². The number of anilines is 1. The van der Waals surface area contributed by atoms with Gasteiger partial charge in [-0.1, -0.05) is 15.9 Å². The van der Waals surface area contributed by atoms with Gasteiger partial charge in [-0.15, -0.1) is 0 Å². The zero-order valence-electron chi connectivity index (χ0n) is 10.7. The molecule has 0 amide bonds. The predicted octanol–water partition coefficient (Wildman–Crippen LogP) is 4.30. The van der Waals surface area contributed by atoms with Gasteiger partial charge in [-0.2, -0.15) is 13.2 Å². The number of hydrogen-bond donors (Lipinski definition) is 1. The van der Waals surface area contributed by atoms with Gasteiger partial charge >= 0.3 is 6.18 Å². The molecule has 0 aliphatic rings. The molecule has 0 bridgehead atoms. The number of imidazole rings is 1. The SMILES string of the molecule is CCn1cncc1CNc1ccc(Br)cc1C(F)(F)F. The molecule has 108 valence electrons. The van der Waals surface area contributed by atoms with Gasteiger partial charge in [-0.25, -0.2) is 4.98 Å². The molecule has 20 heavy (non-hydrogen) atoms. The number of hydrogen-bond acceptors (Lipinski definition) is 2. The van der Waals surface area contributed by atoms with Crippen molar-refractivity contribution >= 4 is 21.6 Å². The Labute approximate surface area is 123 Å². The summed E-state index contributed by atoms with van der Waals surface area (Å²) in [7, 11) is 0. The minimum Gasteiger partial charge on any atom is -0.379 e. The Morgan fingerprint density at radius 2 is 2.10 bits per heavy atom. The number of halogens is 4. The van der Waals surface area contributed by atoms with Crippen molar-refractivity contribution in [2.24, 2.45) is 0 Å². The van der Waals surface area contributed by atoms with E-state index in [-0.39, 0.29) is 5.69 Å². The second-order valence-electron chi connectivity index (χ2n) is 4.21. The highest BCUT2D eigenvalue weighted by molar-refractivity contribution is 9.10. The first-order chi connectivity index (χ1) is 9.41. The predicted molar refractivity (Wildman–Crippen MR) is 74.4 cm³/mol. The fourth-order valence-corrected chi connectivity index (χ4v) is 2.23. The van der Waals surface area contributed by atoms with E-state index in [1.54, 1.807) is 18.6 Å². The second-order valence-corrected chi connectivity index (χ2v) is 5.13. The van der Waals surface area contributed by atoms with Crippen LogP contribution in [0, 0.1) is 0 Å². The molecule has 1 aromatic carbocycles. The fourth-order valence-electron chi connectivity index (χ4n) is 1.87. The number of benzene rings is 1. The highest BCUT2D eigenvalue weighted by Gasteiger charge is 2.33. The molecule has 0 radical (unpaired) electrons. The first kappa shape index (κ1) is 14.9. The Bertz CT molecular complexity index is 593. The van der Waals surface area contributed by atoms with Crippen LogP contribution in [-0.4, -0.2) is 9.55 Å². The highest BCUT2D eigenvalue weighted by atomic mass is 79.9. The highest BCUT2D eigenvalue weighted by Crippen LogP contribution is 2.36. The molecule has 0 unspecified atom stereocenters. The van der Waals surface area contributed by atoms with Gasteiger partial charge in [0.15, 0.2) is 0 Å². The second kappa shape index (κ2) is 5.87. The molecule has 1 heterocycles. The van der Waals surface area contributed by atoms with E-state index in [1.807, 2.05) is 11.5 Å². The smallest absolute Gasteiger partial charge is 0.379 e. The molecular formula is C13H13BrF3N3. The molecule has 1 N–H and O–H groups in total. The summed E-state index contributed by atoms with van der Waals surface area (Å²) in [4.78, 5) is 3.98. The quantitative estimate of drug-likeness (QED) is 0.893. The lowest BCUT2D eigenvalue weighted by atomic mass is 10.1. The lowest BCUT2D eigenvalue weighted by molar-refractivity contribution is -0.137. The van der Waals surface area contributed by atoms with Crippen LogP contribution in [0.1, 0.15) is 18.2 Å². The van der Waals surface area contributed by atoms with E-state index in [0.717, 1.165) is 18.3 Å². The summed E-state index contributed by atoms with van der Waals surface area (Å²) in [6.07, 6.45) is -1.09. The van der Waals surface area contributed by atoms with Gasteiger partial charge < -0.3 is 9.88 Å². The zero-order valence-corrected chi connectivity index (χ0v) is 12.3. The summed E-state index contributed by atoms with van der Waals surface area (Å²) in [5.41, 5.74) is 0.211. The van der Waals surface area contributed by atoms with Crippen molar-refractivity contribution in [2.75, 3.05) is 5.32 Å². The molecule has 0 saturated heterocycles. The maximum Gasteiger partial charge on any atom is 0.418 e. The van der Waals surface area contributed by atoms with Crippen LogP contribution in [0.15, 0.2) is 35.2 Å². The molecule has 0 fully saturated rings. The topological polar surface area (TPSA) is 29.9 Å². The number of rotatable bonds is 4. The Morgan fingerprint density at radius 1 is 1.35 bits per heavy atom. The molecule has 0 aliphatic carbocycles. The van der Waals surface area contributed by atoms with Crippen LogP contribution < -0.4 is 5.32 Å². The van der Waals surface area contributed by atoms with Gasteiger partial charge in [-0.05, 0) is 25.1 Å². The number of nitrogens with one attached hydrogen (secondary N) is 1. The molecule has 0 saturated carbocycles. The van der Waals surface area contributed by atoms with Crippen molar-refractivity contribution in [1.82, 2.24) is 9.55 Å². The van der Waals surface area contributed by atoms with Gasteiger partial charge in [0.1, 0.15) is 0 Å². The van der Waals surface area contributed by atoms with Crippen molar-refractivity contribution in [1.29, 1.82) is 0 Å². The zero-order chi connectivity index (χ0) is 14.8. The Kier molecular flexibility index (Phi) is 4.37. The molecular weight excluding hydrogens is 335 g/mol. The average Bonchev–Trinajstić information content (AvgIpc) is 2.83. The van der Waals surface area contributed by atoms with Crippen LogP contribution in [-0.2, 0) is 19.3 Å². The third kappa shape index (κ3) is 3.33. The molecule has 2 rings (SSSR count). The fraction of sp³-hybridized carbons (Fsp3) is 0.308. The first-order valence-corrected chi connectivity index (χ1v) is 6.80. The normalized spacial score (nSPS) is 11.7. The Balaban J connectivity index is 2.22. The summed E-state index contributed by atoms with van der Waals surface area (Å²) in [6, 6.07) is 4.06. The van der Waals surface area contributed by atoms with Crippen molar-refractivity contribution in [3.8, 4) is 0 Å². The van der Waals surface area contributed by atoms with Gasteiger partial charge in [0.05, 0.1) is 24.1 Å². The molecule has 7 heteroatoms. The largest absolute Gasteiger partial charge is 0.418 e. The maximum atomic E-state index is 13.0. The third-order valence-corrected chi connectivity index (χ3v) is 3.38. The summed E-state index contributed by atoms with van der Waals surface area (Å²) in [6.45, 7) is 2.97. The number of alkyl halides is 3. The molecule has 0 aliphatic heterocycles. The summed E-state index contributed by atoms with van der Waals surface area (Å²) < 4.78 is 41.2. The van der Waals surface area contributed by atoms with E-state index >= 15 is 0 Å². The Hall–Kier alpha value is -1.50. The van der Waals surface area contributed by atoms with Gasteiger partial charge in [-0.3, -0.25) is 0 Å². The monoisotopic (exact) mass is 347 g/mol. The van der Waals surface area contributed by atoms with Crippen LogP contribution in [0.2, 0.25) is 0 Å². The van der Waals surface area contributed by atoms with E-state index in [9.17, 15) is 13.2 Å². The standard InChI is InChI=1S/C13H13BrF3N3/c1-2-20-8-18-6-10(20)7-19-12-4-3-9(14)5-11(12)13(15,16)17/h3-6,8,19H,2,7H2,1H3. The number of nitrogens with zero attached hydrogens (tertiary/aromatic N) is 2. The maximum absolute atomic E-state index is 13.0. The van der Waals surface area contributed by atoms with E-state index < -0.39 is 11.7 Å². The molecule has 3 nitrogen and oxygen atoms in total. The molecule has 0 spiro atoms. The van der Waals surface area contributed by atoms with E-state index in [0.29, 0.717) is 11.0 Å². The molecule has 0 atom stereocenters. The van der Waals surface area contributed by atoms with Crippen molar-refractivity contribution in [3.05, 3.63) is 46.5 Å². The van der Waals surface area contributed by atoms with Gasteiger partial charge in [0.2, 0.25) is 0 Å². The number of aryl methyl sites for hydroxylation is 1. The van der Waals surface area contributed by atoms with Crippen molar-refractivity contribution in [3.63, 3.8) is 0 Å².